The van der Waals surface area contributed by atoms with E-state index in [0.29, 0.717) is 0 Å². The molecule has 9 heteroatoms. The summed E-state index contributed by atoms with van der Waals surface area (Å²) in [5.41, 5.74) is 0.220. The highest BCUT2D eigenvalue weighted by Crippen LogP contribution is 2.18. The molecule has 0 aliphatic rings. The minimum atomic E-state index is -0.500. The maximum Gasteiger partial charge on any atom is 0.258 e. The molecule has 2 rings (SSSR count). The molecule has 6 nitrogen and oxygen atoms in total. The van der Waals surface area contributed by atoms with Gasteiger partial charge in [-0.15, -0.1) is 0 Å². The normalized spacial score (nSPS) is 10.2. The number of hydrogen-bond donors (Lipinski definition) is 1. The minimum absolute atomic E-state index is 0.00315. The summed E-state index contributed by atoms with van der Waals surface area (Å²) in [6.45, 7) is 0. The number of carbonyl (C=O) groups excluding carboxylic acids is 1. The standard InChI is InChI=1S/C11H7Cl3N4O2/c1-20-9-4-8(14)16-11(17-9)18-10(19)5-2-6(12)15-7(13)3-5/h2-4H,1H3,(H,16,17,18,19). The molecule has 1 amide bonds. The molecule has 0 aliphatic heterocycles. The Labute approximate surface area is 129 Å². The molecule has 0 bridgehead atoms. The van der Waals surface area contributed by atoms with Crippen LogP contribution in [-0.4, -0.2) is 28.0 Å². The lowest BCUT2D eigenvalue weighted by atomic mass is 10.2. The van der Waals surface area contributed by atoms with Crippen LogP contribution in [0.25, 0.3) is 0 Å². The molecule has 104 valence electrons. The van der Waals surface area contributed by atoms with Gasteiger partial charge < -0.3 is 4.74 Å². The van der Waals surface area contributed by atoms with Crippen LogP contribution in [0.3, 0.4) is 0 Å². The van der Waals surface area contributed by atoms with Crippen LogP contribution in [-0.2, 0) is 0 Å². The van der Waals surface area contributed by atoms with E-state index in [-0.39, 0.29) is 32.9 Å². The van der Waals surface area contributed by atoms with Crippen LogP contribution in [0.2, 0.25) is 15.5 Å². The van der Waals surface area contributed by atoms with Gasteiger partial charge in [-0.05, 0) is 12.1 Å². The smallest absolute Gasteiger partial charge is 0.258 e. The lowest BCUT2D eigenvalue weighted by Gasteiger charge is -2.06. The summed E-state index contributed by atoms with van der Waals surface area (Å²) in [6.07, 6.45) is 0. The van der Waals surface area contributed by atoms with Crippen molar-refractivity contribution >= 4 is 46.7 Å². The van der Waals surface area contributed by atoms with Gasteiger partial charge >= 0.3 is 0 Å². The Morgan fingerprint density at radius 1 is 1.05 bits per heavy atom. The zero-order valence-electron chi connectivity index (χ0n) is 10.0. The SMILES string of the molecule is COc1cc(Cl)nc(NC(=O)c2cc(Cl)nc(Cl)c2)n1. The van der Waals surface area contributed by atoms with Crippen molar-refractivity contribution in [2.75, 3.05) is 12.4 Å². The molecular formula is C11H7Cl3N4O2. The fraction of sp³-hybridized carbons (Fsp3) is 0.0909. The molecule has 2 aromatic heterocycles. The number of rotatable bonds is 3. The van der Waals surface area contributed by atoms with Crippen LogP contribution in [0.1, 0.15) is 10.4 Å². The highest BCUT2D eigenvalue weighted by molar-refractivity contribution is 6.33. The summed E-state index contributed by atoms with van der Waals surface area (Å²) in [5.74, 6) is -0.268. The van der Waals surface area contributed by atoms with E-state index in [9.17, 15) is 4.79 Å². The number of aromatic nitrogens is 3. The van der Waals surface area contributed by atoms with Crippen molar-refractivity contribution < 1.29 is 9.53 Å². The Hall–Kier alpha value is -1.63. The van der Waals surface area contributed by atoms with Crippen molar-refractivity contribution in [1.29, 1.82) is 0 Å². The molecule has 0 spiro atoms. The third kappa shape index (κ3) is 3.69. The second-order valence-electron chi connectivity index (χ2n) is 3.51. The minimum Gasteiger partial charge on any atom is -0.481 e. The first-order valence-corrected chi connectivity index (χ1v) is 6.34. The number of halogens is 3. The number of methoxy groups -OCH3 is 1. The van der Waals surface area contributed by atoms with E-state index in [0.717, 1.165) is 0 Å². The Morgan fingerprint density at radius 3 is 2.25 bits per heavy atom. The molecule has 0 fully saturated rings. The van der Waals surface area contributed by atoms with Crippen molar-refractivity contribution in [1.82, 2.24) is 15.0 Å². The van der Waals surface area contributed by atoms with Gasteiger partial charge in [0.15, 0.2) is 0 Å². The van der Waals surface area contributed by atoms with Gasteiger partial charge in [0.1, 0.15) is 15.5 Å². The quantitative estimate of drug-likeness (QED) is 0.690. The van der Waals surface area contributed by atoms with Gasteiger partial charge in [0.25, 0.3) is 5.91 Å². The largest absolute Gasteiger partial charge is 0.481 e. The monoisotopic (exact) mass is 332 g/mol. The Kier molecular flexibility index (Phi) is 4.59. The molecule has 20 heavy (non-hydrogen) atoms. The van der Waals surface area contributed by atoms with Crippen molar-refractivity contribution in [3.63, 3.8) is 0 Å². The molecule has 0 saturated heterocycles. The molecule has 0 atom stereocenters. The van der Waals surface area contributed by atoms with E-state index in [1.54, 1.807) is 0 Å². The van der Waals surface area contributed by atoms with Crippen molar-refractivity contribution in [3.8, 4) is 5.88 Å². The third-order valence-electron chi connectivity index (χ3n) is 2.13. The zero-order chi connectivity index (χ0) is 14.7. The fourth-order valence-corrected chi connectivity index (χ4v) is 1.96. The second-order valence-corrected chi connectivity index (χ2v) is 4.67. The molecule has 0 aromatic carbocycles. The third-order valence-corrected chi connectivity index (χ3v) is 2.71. The van der Waals surface area contributed by atoms with E-state index in [1.807, 2.05) is 0 Å². The Morgan fingerprint density at radius 2 is 1.65 bits per heavy atom. The van der Waals surface area contributed by atoms with Crippen LogP contribution in [0.4, 0.5) is 5.95 Å². The number of nitrogens with one attached hydrogen (secondary N) is 1. The first kappa shape index (κ1) is 14.8. The van der Waals surface area contributed by atoms with Gasteiger partial charge in [0, 0.05) is 11.6 Å². The molecule has 1 N–H and O–H groups in total. The van der Waals surface area contributed by atoms with E-state index in [4.69, 9.17) is 39.5 Å². The predicted octanol–water partition coefficient (Wildman–Crippen LogP) is 3.09. The summed E-state index contributed by atoms with van der Waals surface area (Å²) in [4.78, 5) is 23.5. The maximum atomic E-state index is 12.0. The average Bonchev–Trinajstić information content (AvgIpc) is 2.36. The van der Waals surface area contributed by atoms with Crippen LogP contribution < -0.4 is 10.1 Å². The number of ether oxygens (including phenoxy) is 1. The van der Waals surface area contributed by atoms with Gasteiger partial charge in [-0.1, -0.05) is 34.8 Å². The van der Waals surface area contributed by atoms with Gasteiger partial charge in [0.2, 0.25) is 11.8 Å². The molecular weight excluding hydrogens is 327 g/mol. The maximum absolute atomic E-state index is 12.0. The molecule has 0 unspecified atom stereocenters. The van der Waals surface area contributed by atoms with Crippen molar-refractivity contribution in [2.24, 2.45) is 0 Å². The molecule has 0 radical (unpaired) electrons. The summed E-state index contributed by atoms with van der Waals surface area (Å²) in [6, 6.07) is 4.15. The zero-order valence-corrected chi connectivity index (χ0v) is 12.3. The van der Waals surface area contributed by atoms with Gasteiger partial charge in [-0.25, -0.2) is 9.97 Å². The summed E-state index contributed by atoms with van der Waals surface area (Å²) >= 11 is 17.2. The fourth-order valence-electron chi connectivity index (χ4n) is 1.33. The van der Waals surface area contributed by atoms with Crippen LogP contribution in [0, 0.1) is 0 Å². The van der Waals surface area contributed by atoms with Gasteiger partial charge in [-0.3, -0.25) is 10.1 Å². The summed E-state index contributed by atoms with van der Waals surface area (Å²) in [7, 11) is 1.42. The number of pyridine rings is 1. The average molecular weight is 334 g/mol. The van der Waals surface area contributed by atoms with E-state index in [2.05, 4.69) is 20.3 Å². The number of hydrogen-bond acceptors (Lipinski definition) is 5. The molecule has 0 aliphatic carbocycles. The first-order chi connectivity index (χ1) is 9.47. The number of amides is 1. The lowest BCUT2D eigenvalue weighted by molar-refractivity contribution is 0.102. The first-order valence-electron chi connectivity index (χ1n) is 5.21. The lowest BCUT2D eigenvalue weighted by Crippen LogP contribution is -2.14. The number of anilines is 1. The molecule has 0 saturated carbocycles. The predicted molar refractivity (Wildman–Crippen MR) is 75.8 cm³/mol. The highest BCUT2D eigenvalue weighted by atomic mass is 35.5. The summed E-state index contributed by atoms with van der Waals surface area (Å²) < 4.78 is 4.92. The Bertz CT molecular complexity index is 646. The molecule has 2 heterocycles. The summed E-state index contributed by atoms with van der Waals surface area (Å²) in [5, 5.41) is 2.80. The van der Waals surface area contributed by atoms with Crippen LogP contribution in [0.15, 0.2) is 18.2 Å². The van der Waals surface area contributed by atoms with Gasteiger partial charge in [-0.2, -0.15) is 4.98 Å². The van der Waals surface area contributed by atoms with E-state index >= 15 is 0 Å². The van der Waals surface area contributed by atoms with Crippen LogP contribution in [0.5, 0.6) is 5.88 Å². The second kappa shape index (κ2) is 6.21. The van der Waals surface area contributed by atoms with E-state index < -0.39 is 5.91 Å². The number of carbonyl (C=O) groups is 1. The topological polar surface area (TPSA) is 77.0 Å². The highest BCUT2D eigenvalue weighted by Gasteiger charge is 2.12. The van der Waals surface area contributed by atoms with Crippen LogP contribution >= 0.6 is 34.8 Å². The van der Waals surface area contributed by atoms with E-state index in [1.165, 1.54) is 25.3 Å². The van der Waals surface area contributed by atoms with Gasteiger partial charge in [0.05, 0.1) is 7.11 Å². The van der Waals surface area contributed by atoms with Crippen molar-refractivity contribution in [3.05, 3.63) is 39.2 Å². The van der Waals surface area contributed by atoms with Crippen molar-refractivity contribution in [2.45, 2.75) is 0 Å². The number of nitrogens with zero attached hydrogens (tertiary/aromatic N) is 3. The molecule has 2 aromatic rings. The Balaban J connectivity index is 2.25.